The zero-order valence-corrected chi connectivity index (χ0v) is 12.0. The lowest BCUT2D eigenvalue weighted by Gasteiger charge is -2.39. The number of benzene rings is 2. The Hall–Kier alpha value is -2.33. The van der Waals surface area contributed by atoms with Crippen LogP contribution in [0.5, 0.6) is 0 Å². The molecule has 4 heteroatoms. The zero-order valence-electron chi connectivity index (χ0n) is 12.0. The first-order valence-corrected chi connectivity index (χ1v) is 7.13. The summed E-state index contributed by atoms with van der Waals surface area (Å²) in [6.07, 6.45) is 0. The highest BCUT2D eigenvalue weighted by atomic mass is 16.2. The van der Waals surface area contributed by atoms with Gasteiger partial charge in [0.1, 0.15) is 0 Å². The maximum atomic E-state index is 12.0. The maximum absolute atomic E-state index is 12.0. The topological polar surface area (TPSA) is 58.4 Å². The number of para-hydroxylation sites is 2. The van der Waals surface area contributed by atoms with Crippen LogP contribution in [-0.4, -0.2) is 18.5 Å². The minimum atomic E-state index is -0.0913. The van der Waals surface area contributed by atoms with E-state index in [1.165, 1.54) is 0 Å². The summed E-state index contributed by atoms with van der Waals surface area (Å²) in [7, 11) is 0. The third kappa shape index (κ3) is 2.62. The number of nitrogens with one attached hydrogen (secondary N) is 1. The van der Waals surface area contributed by atoms with Crippen molar-refractivity contribution in [3.8, 4) is 0 Å². The van der Waals surface area contributed by atoms with Crippen LogP contribution >= 0.6 is 0 Å². The average molecular weight is 281 g/mol. The lowest BCUT2D eigenvalue weighted by Crippen LogP contribution is -2.46. The highest BCUT2D eigenvalue weighted by Gasteiger charge is 2.30. The highest BCUT2D eigenvalue weighted by molar-refractivity contribution is 6.01. The van der Waals surface area contributed by atoms with E-state index in [0.29, 0.717) is 6.54 Å². The van der Waals surface area contributed by atoms with Gasteiger partial charge in [-0.15, -0.1) is 0 Å². The molecular weight excluding hydrogens is 262 g/mol. The molecule has 4 nitrogen and oxygen atoms in total. The smallest absolute Gasteiger partial charge is 0.243 e. The predicted octanol–water partition coefficient (Wildman–Crippen LogP) is 2.53. The number of carbonyl (C=O) groups excluding carboxylic acids is 1. The minimum Gasteiger partial charge on any atom is -0.352 e. The van der Waals surface area contributed by atoms with E-state index in [4.69, 9.17) is 5.73 Å². The molecule has 1 aliphatic rings. The van der Waals surface area contributed by atoms with Crippen molar-refractivity contribution in [3.63, 3.8) is 0 Å². The first-order chi connectivity index (χ1) is 10.2. The number of nitrogens with zero attached hydrogens (tertiary/aromatic N) is 1. The van der Waals surface area contributed by atoms with Gasteiger partial charge in [-0.2, -0.15) is 0 Å². The minimum absolute atomic E-state index is 0.00437. The lowest BCUT2D eigenvalue weighted by atomic mass is 9.97. The van der Waals surface area contributed by atoms with Crippen molar-refractivity contribution in [1.82, 2.24) is 0 Å². The van der Waals surface area contributed by atoms with Crippen molar-refractivity contribution >= 4 is 17.3 Å². The first kappa shape index (κ1) is 13.6. The van der Waals surface area contributed by atoms with E-state index < -0.39 is 0 Å². The largest absolute Gasteiger partial charge is 0.352 e. The SMILES string of the molecule is CC(N)C(c1ccccc1)N1CC(=O)Nc2ccccc21. The lowest BCUT2D eigenvalue weighted by molar-refractivity contribution is -0.115. The highest BCUT2D eigenvalue weighted by Crippen LogP contribution is 2.36. The summed E-state index contributed by atoms with van der Waals surface area (Å²) in [6.45, 7) is 2.30. The molecular formula is C17H19N3O. The normalized spacial score (nSPS) is 16.9. The predicted molar refractivity (Wildman–Crippen MR) is 85.3 cm³/mol. The summed E-state index contributed by atoms with van der Waals surface area (Å²) in [6, 6.07) is 17.8. The molecule has 2 aromatic rings. The molecule has 3 rings (SSSR count). The zero-order chi connectivity index (χ0) is 14.8. The molecule has 21 heavy (non-hydrogen) atoms. The monoisotopic (exact) mass is 281 g/mol. The second-order valence-electron chi connectivity index (χ2n) is 5.41. The molecule has 0 saturated heterocycles. The molecule has 0 fully saturated rings. The Kier molecular flexibility index (Phi) is 3.62. The van der Waals surface area contributed by atoms with Crippen molar-refractivity contribution in [2.24, 2.45) is 5.73 Å². The van der Waals surface area contributed by atoms with Gasteiger partial charge in [-0.25, -0.2) is 0 Å². The maximum Gasteiger partial charge on any atom is 0.243 e. The number of nitrogens with two attached hydrogens (primary N) is 1. The van der Waals surface area contributed by atoms with Crippen molar-refractivity contribution in [3.05, 3.63) is 60.2 Å². The second-order valence-corrected chi connectivity index (χ2v) is 5.41. The molecule has 0 saturated carbocycles. The molecule has 1 aliphatic heterocycles. The quantitative estimate of drug-likeness (QED) is 0.909. The summed E-state index contributed by atoms with van der Waals surface area (Å²) in [5.41, 5.74) is 9.21. The Morgan fingerprint density at radius 2 is 1.76 bits per heavy atom. The van der Waals surface area contributed by atoms with Gasteiger partial charge in [0.05, 0.1) is 24.0 Å². The number of anilines is 2. The summed E-state index contributed by atoms with van der Waals surface area (Å²) in [4.78, 5) is 14.1. The Labute approximate surface area is 124 Å². The summed E-state index contributed by atoms with van der Waals surface area (Å²) < 4.78 is 0. The molecule has 2 atom stereocenters. The van der Waals surface area contributed by atoms with Gasteiger partial charge in [0.25, 0.3) is 0 Å². The van der Waals surface area contributed by atoms with Crippen LogP contribution in [0.15, 0.2) is 54.6 Å². The van der Waals surface area contributed by atoms with E-state index in [-0.39, 0.29) is 18.0 Å². The standard InChI is InChI=1S/C17H19N3O/c1-12(18)17(13-7-3-2-4-8-13)20-11-16(21)19-14-9-5-6-10-15(14)20/h2-10,12,17H,11,18H2,1H3,(H,19,21). The van der Waals surface area contributed by atoms with Gasteiger partial charge in [-0.05, 0) is 24.6 Å². The third-order valence-corrected chi connectivity index (χ3v) is 3.78. The van der Waals surface area contributed by atoms with E-state index in [9.17, 15) is 4.79 Å². The molecule has 0 aromatic heterocycles. The van der Waals surface area contributed by atoms with Gasteiger partial charge in [0.2, 0.25) is 5.91 Å². The molecule has 3 N–H and O–H groups in total. The molecule has 108 valence electrons. The fourth-order valence-electron chi connectivity index (χ4n) is 2.93. The van der Waals surface area contributed by atoms with E-state index in [1.54, 1.807) is 0 Å². The fourth-order valence-corrected chi connectivity index (χ4v) is 2.93. The number of fused-ring (bicyclic) bond motifs is 1. The Bertz CT molecular complexity index is 639. The van der Waals surface area contributed by atoms with Crippen molar-refractivity contribution in [2.45, 2.75) is 19.0 Å². The van der Waals surface area contributed by atoms with Crippen LogP contribution in [0, 0.1) is 0 Å². The van der Waals surface area contributed by atoms with Crippen LogP contribution in [0.1, 0.15) is 18.5 Å². The van der Waals surface area contributed by atoms with Crippen molar-refractivity contribution in [2.75, 3.05) is 16.8 Å². The molecule has 0 aliphatic carbocycles. The molecule has 2 aromatic carbocycles. The van der Waals surface area contributed by atoms with E-state index in [2.05, 4.69) is 22.3 Å². The molecule has 2 unspecified atom stereocenters. The van der Waals surface area contributed by atoms with Crippen LogP contribution in [0.4, 0.5) is 11.4 Å². The number of amides is 1. The fraction of sp³-hybridized carbons (Fsp3) is 0.235. The summed E-state index contributed by atoms with van der Waals surface area (Å²) in [5.74, 6) is -0.00437. The molecule has 1 heterocycles. The number of hydrogen-bond acceptors (Lipinski definition) is 3. The third-order valence-electron chi connectivity index (χ3n) is 3.78. The summed E-state index contributed by atoms with van der Waals surface area (Å²) in [5, 5.41) is 2.91. The van der Waals surface area contributed by atoms with Crippen LogP contribution in [-0.2, 0) is 4.79 Å². The molecule has 0 spiro atoms. The summed E-state index contributed by atoms with van der Waals surface area (Å²) >= 11 is 0. The van der Waals surface area contributed by atoms with Crippen LogP contribution < -0.4 is 16.0 Å². The van der Waals surface area contributed by atoms with Gasteiger partial charge >= 0.3 is 0 Å². The van der Waals surface area contributed by atoms with E-state index in [1.807, 2.05) is 49.4 Å². The van der Waals surface area contributed by atoms with Gasteiger partial charge in [-0.3, -0.25) is 4.79 Å². The van der Waals surface area contributed by atoms with E-state index >= 15 is 0 Å². The van der Waals surface area contributed by atoms with Gasteiger partial charge in [0.15, 0.2) is 0 Å². The Balaban J connectivity index is 2.06. The molecule has 0 bridgehead atoms. The van der Waals surface area contributed by atoms with Crippen LogP contribution in [0.2, 0.25) is 0 Å². The van der Waals surface area contributed by atoms with Crippen molar-refractivity contribution in [1.29, 1.82) is 0 Å². The average Bonchev–Trinajstić information content (AvgIpc) is 2.48. The Morgan fingerprint density at radius 3 is 2.48 bits per heavy atom. The van der Waals surface area contributed by atoms with Gasteiger partial charge in [-0.1, -0.05) is 42.5 Å². The number of rotatable bonds is 3. The van der Waals surface area contributed by atoms with Crippen molar-refractivity contribution < 1.29 is 4.79 Å². The van der Waals surface area contributed by atoms with Crippen LogP contribution in [0.25, 0.3) is 0 Å². The Morgan fingerprint density at radius 1 is 1.10 bits per heavy atom. The number of hydrogen-bond donors (Lipinski definition) is 2. The van der Waals surface area contributed by atoms with E-state index in [0.717, 1.165) is 16.9 Å². The van der Waals surface area contributed by atoms with Gasteiger partial charge in [0, 0.05) is 6.04 Å². The molecule has 1 amide bonds. The van der Waals surface area contributed by atoms with Crippen LogP contribution in [0.3, 0.4) is 0 Å². The first-order valence-electron chi connectivity index (χ1n) is 7.13. The second kappa shape index (κ2) is 5.58. The number of carbonyl (C=O) groups is 1. The molecule has 0 radical (unpaired) electrons. The van der Waals surface area contributed by atoms with Gasteiger partial charge < -0.3 is 16.0 Å².